The van der Waals surface area contributed by atoms with Crippen molar-refractivity contribution in [2.24, 2.45) is 0 Å². The van der Waals surface area contributed by atoms with Gasteiger partial charge in [0.2, 0.25) is 10.8 Å². The van der Waals surface area contributed by atoms with Crippen LogP contribution >= 0.6 is 50.9 Å². The van der Waals surface area contributed by atoms with Gasteiger partial charge in [-0.2, -0.15) is 0 Å². The van der Waals surface area contributed by atoms with Gasteiger partial charge >= 0.3 is 0 Å². The maximum Gasteiger partial charge on any atom is 0.266 e. The summed E-state index contributed by atoms with van der Waals surface area (Å²) in [5, 5.41) is 3.25. The fourth-order valence-corrected chi connectivity index (χ4v) is 5.33. The lowest BCUT2D eigenvalue weighted by Crippen LogP contribution is -2.47. The lowest BCUT2D eigenvalue weighted by Gasteiger charge is -2.32. The van der Waals surface area contributed by atoms with E-state index in [1.54, 1.807) is 25.1 Å². The number of anilines is 2. The number of amides is 2. The molecule has 2 aromatic rings. The Kier molecular flexibility index (Phi) is 4.07. The third-order valence-corrected chi connectivity index (χ3v) is 7.01. The zero-order valence-corrected chi connectivity index (χ0v) is 16.8. The normalized spacial score (nSPS) is 24.8. The van der Waals surface area contributed by atoms with Crippen molar-refractivity contribution in [2.45, 2.75) is 17.0 Å². The molecule has 2 aliphatic heterocycles. The quantitative estimate of drug-likeness (QED) is 0.653. The molecule has 0 radical (unpaired) electrons. The summed E-state index contributed by atoms with van der Waals surface area (Å²) in [6, 6.07) is 10.5. The molecule has 2 amide bonds. The van der Waals surface area contributed by atoms with Crippen LogP contribution in [-0.4, -0.2) is 17.1 Å². The smallest absolute Gasteiger partial charge is 0.266 e. The van der Waals surface area contributed by atoms with Crippen LogP contribution in [0.1, 0.15) is 12.5 Å². The second-order valence-corrected chi connectivity index (χ2v) is 9.08. The molecule has 4 nitrogen and oxygen atoms in total. The van der Waals surface area contributed by atoms with Crippen LogP contribution in [0, 0.1) is 0 Å². The van der Waals surface area contributed by atoms with Crippen molar-refractivity contribution in [1.29, 1.82) is 0 Å². The fraction of sp³-hybridized carbons (Fsp3) is 0.176. The first kappa shape index (κ1) is 17.2. The number of carbonyl (C=O) groups is 2. The van der Waals surface area contributed by atoms with Crippen LogP contribution in [0.2, 0.25) is 10.0 Å². The molecule has 2 aliphatic rings. The maximum absolute atomic E-state index is 13.0. The number of thioether (sulfide) groups is 1. The van der Waals surface area contributed by atoms with Gasteiger partial charge in [0.05, 0.1) is 15.3 Å². The zero-order valence-electron chi connectivity index (χ0n) is 12.8. The van der Waals surface area contributed by atoms with Crippen LogP contribution in [0.4, 0.5) is 11.4 Å². The van der Waals surface area contributed by atoms with Gasteiger partial charge in [-0.15, -0.1) is 11.8 Å². The predicted molar refractivity (Wildman–Crippen MR) is 105 cm³/mol. The largest absolute Gasteiger partial charge is 0.323 e. The Morgan fingerprint density at radius 3 is 2.64 bits per heavy atom. The molecule has 1 N–H and O–H groups in total. The molecule has 1 fully saturated rings. The molecule has 1 saturated heterocycles. The Morgan fingerprint density at radius 1 is 1.16 bits per heavy atom. The van der Waals surface area contributed by atoms with Gasteiger partial charge in [-0.3, -0.25) is 14.5 Å². The molecule has 1 spiro atoms. The molecule has 4 rings (SSSR count). The van der Waals surface area contributed by atoms with Gasteiger partial charge in [-0.05, 0) is 43.3 Å². The van der Waals surface area contributed by atoms with Crippen LogP contribution in [0.15, 0.2) is 40.9 Å². The molecule has 0 unspecified atom stereocenters. The standard InChI is InChI=1S/C17H11BrCl2N2O2S/c1-8-15(23)22(10-3-4-12(19)13(20)7-10)17(25-8)11-6-9(18)2-5-14(11)21-16(17)24/h2-8H,1H3,(H,21,24)/t8-,17-/m1/s1. The molecular weight excluding hydrogens is 447 g/mol. The average Bonchev–Trinajstić information content (AvgIpc) is 2.98. The van der Waals surface area contributed by atoms with Crippen molar-refractivity contribution in [3.05, 3.63) is 56.5 Å². The summed E-state index contributed by atoms with van der Waals surface area (Å²) in [6.07, 6.45) is 0. The maximum atomic E-state index is 13.0. The van der Waals surface area contributed by atoms with E-state index >= 15 is 0 Å². The lowest BCUT2D eigenvalue weighted by atomic mass is 10.0. The number of nitrogens with zero attached hydrogens (tertiary/aromatic N) is 1. The summed E-state index contributed by atoms with van der Waals surface area (Å²) in [7, 11) is 0. The molecule has 0 bridgehead atoms. The lowest BCUT2D eigenvalue weighted by molar-refractivity contribution is -0.122. The van der Waals surface area contributed by atoms with E-state index in [9.17, 15) is 9.59 Å². The van der Waals surface area contributed by atoms with Crippen molar-refractivity contribution in [1.82, 2.24) is 0 Å². The molecule has 25 heavy (non-hydrogen) atoms. The van der Waals surface area contributed by atoms with Crippen molar-refractivity contribution >= 4 is 74.1 Å². The first-order valence-electron chi connectivity index (χ1n) is 7.43. The summed E-state index contributed by atoms with van der Waals surface area (Å²) in [6.45, 7) is 1.80. The van der Waals surface area contributed by atoms with Crippen LogP contribution < -0.4 is 10.2 Å². The second-order valence-electron chi connectivity index (χ2n) is 5.82. The second kappa shape index (κ2) is 5.91. The van der Waals surface area contributed by atoms with Crippen molar-refractivity contribution in [2.75, 3.05) is 10.2 Å². The molecule has 0 aliphatic carbocycles. The minimum Gasteiger partial charge on any atom is -0.323 e. The predicted octanol–water partition coefficient (Wildman–Crippen LogP) is 5.03. The number of rotatable bonds is 1. The number of hydrogen-bond acceptors (Lipinski definition) is 3. The fourth-order valence-electron chi connectivity index (χ4n) is 3.20. The van der Waals surface area contributed by atoms with Gasteiger partial charge in [-0.25, -0.2) is 0 Å². The Hall–Kier alpha value is -1.21. The van der Waals surface area contributed by atoms with Gasteiger partial charge in [0.1, 0.15) is 0 Å². The van der Waals surface area contributed by atoms with E-state index in [4.69, 9.17) is 23.2 Å². The van der Waals surface area contributed by atoms with Crippen LogP contribution in [0.25, 0.3) is 0 Å². The first-order valence-corrected chi connectivity index (χ1v) is 9.86. The monoisotopic (exact) mass is 456 g/mol. The van der Waals surface area contributed by atoms with Crippen LogP contribution in [-0.2, 0) is 14.5 Å². The van der Waals surface area contributed by atoms with E-state index in [2.05, 4.69) is 21.2 Å². The minimum atomic E-state index is -1.16. The average molecular weight is 458 g/mol. The van der Waals surface area contributed by atoms with Crippen LogP contribution in [0.3, 0.4) is 0 Å². The number of hydrogen-bond donors (Lipinski definition) is 1. The Labute approximate surface area is 167 Å². The number of carbonyl (C=O) groups excluding carboxylic acids is 2. The molecule has 2 heterocycles. The summed E-state index contributed by atoms with van der Waals surface area (Å²) in [4.78, 5) is 26.3. The third-order valence-electron chi connectivity index (χ3n) is 4.29. The van der Waals surface area contributed by atoms with Gasteiger partial charge in [0, 0.05) is 21.4 Å². The summed E-state index contributed by atoms with van der Waals surface area (Å²) in [5.41, 5.74) is 1.99. The Bertz CT molecular complexity index is 939. The van der Waals surface area contributed by atoms with Crippen molar-refractivity contribution in [3.63, 3.8) is 0 Å². The van der Waals surface area contributed by atoms with Crippen molar-refractivity contribution < 1.29 is 9.59 Å². The minimum absolute atomic E-state index is 0.147. The van der Waals surface area contributed by atoms with E-state index in [1.807, 2.05) is 18.2 Å². The van der Waals surface area contributed by atoms with E-state index in [1.165, 1.54) is 16.7 Å². The highest BCUT2D eigenvalue weighted by molar-refractivity contribution is 9.10. The summed E-state index contributed by atoms with van der Waals surface area (Å²) in [5.74, 6) is -0.388. The van der Waals surface area contributed by atoms with E-state index in [-0.39, 0.29) is 17.1 Å². The third kappa shape index (κ3) is 2.42. The molecule has 0 saturated carbocycles. The Balaban J connectivity index is 1.96. The molecule has 2 aromatic carbocycles. The molecule has 128 valence electrons. The molecular formula is C17H11BrCl2N2O2S. The molecule has 8 heteroatoms. The van der Waals surface area contributed by atoms with E-state index < -0.39 is 4.87 Å². The van der Waals surface area contributed by atoms with Crippen LogP contribution in [0.5, 0.6) is 0 Å². The van der Waals surface area contributed by atoms with E-state index in [0.717, 1.165) is 10.0 Å². The SMILES string of the molecule is C[C@H]1S[C@]2(C(=O)Nc3ccc(Br)cc32)N(c2ccc(Cl)c(Cl)c2)C1=O. The highest BCUT2D eigenvalue weighted by atomic mass is 79.9. The molecule has 0 aromatic heterocycles. The van der Waals surface area contributed by atoms with Gasteiger partial charge in [-0.1, -0.05) is 39.1 Å². The summed E-state index contributed by atoms with van der Waals surface area (Å²) < 4.78 is 0.837. The van der Waals surface area contributed by atoms with Crippen molar-refractivity contribution in [3.8, 4) is 0 Å². The molecule has 2 atom stereocenters. The Morgan fingerprint density at radius 2 is 1.92 bits per heavy atom. The van der Waals surface area contributed by atoms with E-state index in [0.29, 0.717) is 21.4 Å². The summed E-state index contributed by atoms with van der Waals surface area (Å²) >= 11 is 16.9. The number of halogens is 3. The first-order chi connectivity index (χ1) is 11.8. The van der Waals surface area contributed by atoms with Gasteiger partial charge in [0.15, 0.2) is 0 Å². The number of nitrogens with one attached hydrogen (secondary N) is 1. The highest BCUT2D eigenvalue weighted by Crippen LogP contribution is 2.56. The zero-order chi connectivity index (χ0) is 17.9. The van der Waals surface area contributed by atoms with Gasteiger partial charge < -0.3 is 5.32 Å². The van der Waals surface area contributed by atoms with Gasteiger partial charge in [0.25, 0.3) is 5.91 Å². The highest BCUT2D eigenvalue weighted by Gasteiger charge is 2.61. The number of benzene rings is 2. The number of fused-ring (bicyclic) bond motifs is 2. The topological polar surface area (TPSA) is 49.4 Å².